The summed E-state index contributed by atoms with van der Waals surface area (Å²) in [6.45, 7) is 0. The second-order valence-corrected chi connectivity index (χ2v) is 8.64. The van der Waals surface area contributed by atoms with Gasteiger partial charge in [-0.15, -0.1) is 11.3 Å². The van der Waals surface area contributed by atoms with Gasteiger partial charge in [0.1, 0.15) is 0 Å². The van der Waals surface area contributed by atoms with Crippen LogP contribution in [0.4, 0.5) is 0 Å². The molecule has 7 aromatic carbocycles. The smallest absolute Gasteiger partial charge is 0.0427 e. The van der Waals surface area contributed by atoms with E-state index in [1.165, 1.54) is 74.7 Å². The lowest BCUT2D eigenvalue weighted by molar-refractivity contribution is 1.82. The lowest BCUT2D eigenvalue weighted by Crippen LogP contribution is -1.92. The van der Waals surface area contributed by atoms with Gasteiger partial charge >= 0.3 is 0 Å². The number of benzene rings is 7. The molecule has 0 unspecified atom stereocenters. The van der Waals surface area contributed by atoms with Crippen molar-refractivity contribution in [2.45, 2.75) is 0 Å². The van der Waals surface area contributed by atoms with Crippen LogP contribution >= 0.6 is 11.3 Å². The molecule has 8 aromatic rings. The summed E-state index contributed by atoms with van der Waals surface area (Å²) in [6, 6.07) is 25.3. The largest absolute Gasteiger partial charge is 0.143 e. The highest BCUT2D eigenvalue weighted by Gasteiger charge is 2.21. The van der Waals surface area contributed by atoms with Crippen LogP contribution in [-0.4, -0.2) is 0 Å². The van der Waals surface area contributed by atoms with E-state index < -0.39 is 0 Å². The van der Waals surface area contributed by atoms with Gasteiger partial charge in [-0.1, -0.05) is 60.7 Å². The number of thiophene rings is 1. The van der Waals surface area contributed by atoms with E-state index in [0.29, 0.717) is 0 Å². The van der Waals surface area contributed by atoms with E-state index in [2.05, 4.69) is 72.1 Å². The third kappa shape index (κ3) is 1.29. The van der Waals surface area contributed by atoms with Crippen molar-refractivity contribution in [3.8, 4) is 0 Å². The topological polar surface area (TPSA) is 0 Å². The van der Waals surface area contributed by atoms with Crippen LogP contribution in [-0.2, 0) is 0 Å². The minimum Gasteiger partial charge on any atom is -0.143 e. The van der Waals surface area contributed by atoms with Crippen molar-refractivity contribution in [1.29, 1.82) is 0 Å². The van der Waals surface area contributed by atoms with Crippen LogP contribution in [0.1, 0.15) is 0 Å². The maximum absolute atomic E-state index is 2.34. The Morgan fingerprint density at radius 1 is 0.370 bits per heavy atom. The molecule has 0 aliphatic heterocycles. The van der Waals surface area contributed by atoms with Crippen molar-refractivity contribution in [3.05, 3.63) is 72.1 Å². The summed E-state index contributed by atoms with van der Waals surface area (Å²) in [5.74, 6) is 0. The lowest BCUT2D eigenvalue weighted by atomic mass is 9.82. The van der Waals surface area contributed by atoms with Gasteiger partial charge < -0.3 is 0 Å². The van der Waals surface area contributed by atoms with Gasteiger partial charge in [-0.2, -0.15) is 0 Å². The molecule has 8 rings (SSSR count). The zero-order valence-corrected chi connectivity index (χ0v) is 15.2. The second-order valence-electron chi connectivity index (χ2n) is 7.73. The standard InChI is InChI=1S/C26H12S/c1-2-14-4-6-16-8-10-19-25-23(16)21(14)20-13(1)3-5-15-7-9-17(24(25)22(15)20)18-11-12-27-26(18)19/h1-12H. The van der Waals surface area contributed by atoms with Crippen molar-refractivity contribution >= 4 is 86.1 Å². The first-order valence-electron chi connectivity index (χ1n) is 9.37. The Kier molecular flexibility index (Phi) is 1.96. The summed E-state index contributed by atoms with van der Waals surface area (Å²) in [6.07, 6.45) is 0. The molecule has 0 nitrogen and oxygen atoms in total. The number of fused-ring (bicyclic) bond motifs is 3. The molecule has 1 heterocycles. The molecule has 0 amide bonds. The molecule has 0 N–H and O–H groups in total. The highest BCUT2D eigenvalue weighted by Crippen LogP contribution is 2.51. The van der Waals surface area contributed by atoms with Gasteiger partial charge in [-0.3, -0.25) is 0 Å². The molecule has 0 fully saturated rings. The van der Waals surface area contributed by atoms with Crippen molar-refractivity contribution in [3.63, 3.8) is 0 Å². The van der Waals surface area contributed by atoms with Crippen LogP contribution in [0.3, 0.4) is 0 Å². The first-order valence-corrected chi connectivity index (χ1v) is 10.2. The van der Waals surface area contributed by atoms with E-state index in [-0.39, 0.29) is 0 Å². The quantitative estimate of drug-likeness (QED) is 0.190. The lowest BCUT2D eigenvalue weighted by Gasteiger charge is -2.21. The fraction of sp³-hybridized carbons (Fsp3) is 0. The third-order valence-corrected chi connectivity index (χ3v) is 7.53. The van der Waals surface area contributed by atoms with E-state index in [0.717, 1.165) is 0 Å². The molecule has 0 saturated carbocycles. The Morgan fingerprint density at radius 3 is 1.41 bits per heavy atom. The van der Waals surface area contributed by atoms with Gasteiger partial charge in [0.2, 0.25) is 0 Å². The summed E-state index contributed by atoms with van der Waals surface area (Å²) in [7, 11) is 0. The third-order valence-electron chi connectivity index (χ3n) is 6.58. The van der Waals surface area contributed by atoms with E-state index in [4.69, 9.17) is 0 Å². The minimum atomic E-state index is 1.35. The molecule has 0 aliphatic carbocycles. The fourth-order valence-corrected chi connectivity index (χ4v) is 6.47. The Labute approximate surface area is 158 Å². The van der Waals surface area contributed by atoms with Gasteiger partial charge in [0.05, 0.1) is 0 Å². The molecule has 0 atom stereocenters. The summed E-state index contributed by atoms with van der Waals surface area (Å²) in [5.41, 5.74) is 0. The molecule has 0 spiro atoms. The molecule has 1 aromatic heterocycles. The van der Waals surface area contributed by atoms with Crippen molar-refractivity contribution in [1.82, 2.24) is 0 Å². The molecule has 0 bridgehead atoms. The normalized spacial score (nSPS) is 13.2. The van der Waals surface area contributed by atoms with Gasteiger partial charge in [0.15, 0.2) is 0 Å². The number of hydrogen-bond donors (Lipinski definition) is 0. The van der Waals surface area contributed by atoms with Crippen LogP contribution in [0.2, 0.25) is 0 Å². The average Bonchev–Trinajstić information content (AvgIpc) is 3.22. The molecular weight excluding hydrogens is 344 g/mol. The van der Waals surface area contributed by atoms with Crippen LogP contribution in [0.5, 0.6) is 0 Å². The molecule has 0 saturated heterocycles. The Balaban J connectivity index is 1.99. The fourth-order valence-electron chi connectivity index (χ4n) is 5.53. The van der Waals surface area contributed by atoms with Gasteiger partial charge in [0.25, 0.3) is 0 Å². The summed E-state index contributed by atoms with van der Waals surface area (Å²) < 4.78 is 1.42. The molecule has 27 heavy (non-hydrogen) atoms. The van der Waals surface area contributed by atoms with E-state index >= 15 is 0 Å². The predicted molar refractivity (Wildman–Crippen MR) is 120 cm³/mol. The molecule has 0 radical (unpaired) electrons. The molecule has 0 aliphatic rings. The summed E-state index contributed by atoms with van der Waals surface area (Å²) >= 11 is 1.87. The van der Waals surface area contributed by atoms with E-state index in [1.54, 1.807) is 0 Å². The Hall–Kier alpha value is -3.16. The SMILES string of the molecule is c1cc2c3ccc4ccc5ccc6ccc7ccc(c2s1)c1c7c6c5c4c31. The van der Waals surface area contributed by atoms with Crippen LogP contribution in [0, 0.1) is 0 Å². The Morgan fingerprint density at radius 2 is 0.815 bits per heavy atom. The summed E-state index contributed by atoms with van der Waals surface area (Å²) in [4.78, 5) is 0. The average molecular weight is 356 g/mol. The highest BCUT2D eigenvalue weighted by atomic mass is 32.1. The molecule has 122 valence electrons. The van der Waals surface area contributed by atoms with Gasteiger partial charge in [0, 0.05) is 20.9 Å². The van der Waals surface area contributed by atoms with Crippen molar-refractivity contribution in [2.24, 2.45) is 0 Å². The minimum absolute atomic E-state index is 1.35. The maximum Gasteiger partial charge on any atom is 0.0427 e. The predicted octanol–water partition coefficient (Wildman–Crippen LogP) is 8.13. The van der Waals surface area contributed by atoms with Crippen LogP contribution < -0.4 is 0 Å². The monoisotopic (exact) mass is 356 g/mol. The molecule has 1 heteroatoms. The first-order chi connectivity index (χ1) is 13.4. The molecular formula is C26H12S. The highest BCUT2D eigenvalue weighted by molar-refractivity contribution is 7.18. The second kappa shape index (κ2) is 4.05. The van der Waals surface area contributed by atoms with Gasteiger partial charge in [-0.05, 0) is 65.3 Å². The zero-order valence-electron chi connectivity index (χ0n) is 14.3. The van der Waals surface area contributed by atoms with Gasteiger partial charge in [-0.25, -0.2) is 0 Å². The number of rotatable bonds is 0. The van der Waals surface area contributed by atoms with Crippen molar-refractivity contribution in [2.75, 3.05) is 0 Å². The van der Waals surface area contributed by atoms with Crippen LogP contribution in [0.25, 0.3) is 74.7 Å². The maximum atomic E-state index is 2.34. The zero-order chi connectivity index (χ0) is 17.3. The summed E-state index contributed by atoms with van der Waals surface area (Å²) in [5, 5.41) is 20.5. The van der Waals surface area contributed by atoms with E-state index in [9.17, 15) is 0 Å². The van der Waals surface area contributed by atoms with E-state index in [1.807, 2.05) is 11.3 Å². The number of hydrogen-bond acceptors (Lipinski definition) is 1. The van der Waals surface area contributed by atoms with Crippen molar-refractivity contribution < 1.29 is 0 Å². The van der Waals surface area contributed by atoms with Crippen LogP contribution in [0.15, 0.2) is 72.1 Å². The first kappa shape index (κ1) is 13.1. The Bertz CT molecular complexity index is 1670.